The second-order valence-corrected chi connectivity index (χ2v) is 5.06. The van der Waals surface area contributed by atoms with E-state index in [0.717, 1.165) is 13.0 Å². The normalized spacial score (nSPS) is 18.5. The van der Waals surface area contributed by atoms with Crippen LogP contribution >= 0.6 is 0 Å². The number of hydrogen-bond acceptors (Lipinski definition) is 2. The molecule has 0 N–H and O–H groups in total. The molecule has 1 amide bonds. The van der Waals surface area contributed by atoms with Crippen molar-refractivity contribution in [2.24, 2.45) is 11.0 Å². The Morgan fingerprint density at radius 1 is 1.53 bits per heavy atom. The maximum absolute atomic E-state index is 11.8. The Hall–Kier alpha value is -2.00. The van der Waals surface area contributed by atoms with Crippen LogP contribution in [0.1, 0.15) is 17.5 Å². The fraction of sp³-hybridized carbons (Fsp3) is 0.500. The number of likely N-dealkylation sites (tertiary alicyclic amines) is 1. The fourth-order valence-electron chi connectivity index (χ4n) is 2.48. The number of rotatable bonds is 5. The lowest BCUT2D eigenvalue weighted by Gasteiger charge is -2.16. The Labute approximate surface area is 112 Å². The van der Waals surface area contributed by atoms with Crippen LogP contribution in [0.4, 0.5) is 0 Å². The zero-order valence-electron chi connectivity index (χ0n) is 11.1. The monoisotopic (exact) mass is 258 g/mol. The van der Waals surface area contributed by atoms with Crippen molar-refractivity contribution in [3.05, 3.63) is 45.8 Å². The second kappa shape index (κ2) is 6.25. The molecule has 0 radical (unpaired) electrons. The zero-order chi connectivity index (χ0) is 13.7. The van der Waals surface area contributed by atoms with Crippen molar-refractivity contribution in [2.75, 3.05) is 19.6 Å². The molecule has 1 fully saturated rings. The van der Waals surface area contributed by atoms with Gasteiger partial charge in [0.25, 0.3) is 0 Å². The smallest absolute Gasteiger partial charge is 0.222 e. The summed E-state index contributed by atoms with van der Waals surface area (Å²) in [6.45, 7) is 3.95. The Kier molecular flexibility index (Phi) is 4.42. The third-order valence-electron chi connectivity index (χ3n) is 3.45. The van der Waals surface area contributed by atoms with Crippen LogP contribution in [0, 0.1) is 12.8 Å². The largest absolute Gasteiger partial charge is 0.342 e. The summed E-state index contributed by atoms with van der Waals surface area (Å²) in [4.78, 5) is 16.4. The lowest BCUT2D eigenvalue weighted by Crippen LogP contribution is -2.27. The highest BCUT2D eigenvalue weighted by Crippen LogP contribution is 2.18. The highest BCUT2D eigenvalue weighted by atomic mass is 16.2. The van der Waals surface area contributed by atoms with E-state index < -0.39 is 0 Å². The van der Waals surface area contributed by atoms with Gasteiger partial charge >= 0.3 is 0 Å². The predicted octanol–water partition coefficient (Wildman–Crippen LogP) is 2.70. The van der Waals surface area contributed by atoms with Crippen LogP contribution < -0.4 is 0 Å². The molecule has 0 spiro atoms. The van der Waals surface area contributed by atoms with E-state index in [2.05, 4.69) is 35.1 Å². The molecule has 1 aromatic carbocycles. The zero-order valence-corrected chi connectivity index (χ0v) is 11.1. The van der Waals surface area contributed by atoms with Gasteiger partial charge in [-0.25, -0.2) is 0 Å². The van der Waals surface area contributed by atoms with Crippen LogP contribution in [0.2, 0.25) is 0 Å². The standard InChI is InChI=1S/C14H18N4O/c1-11-3-2-4-12(7-11)5-6-18-10-13(8-14(18)19)9-16-17-15/h2-4,7,13H,5-6,8-10H2,1H3. The Morgan fingerprint density at radius 3 is 3.11 bits per heavy atom. The summed E-state index contributed by atoms with van der Waals surface area (Å²) in [7, 11) is 0. The van der Waals surface area contributed by atoms with Gasteiger partial charge in [0.15, 0.2) is 0 Å². The summed E-state index contributed by atoms with van der Waals surface area (Å²) in [5.41, 5.74) is 10.8. The molecule has 0 bridgehead atoms. The van der Waals surface area contributed by atoms with E-state index in [-0.39, 0.29) is 11.8 Å². The molecule has 5 nitrogen and oxygen atoms in total. The Morgan fingerprint density at radius 2 is 2.37 bits per heavy atom. The summed E-state index contributed by atoms with van der Waals surface area (Å²) in [5.74, 6) is 0.353. The summed E-state index contributed by atoms with van der Waals surface area (Å²) in [5, 5.41) is 3.55. The fourth-order valence-corrected chi connectivity index (χ4v) is 2.48. The van der Waals surface area contributed by atoms with Crippen molar-refractivity contribution in [3.63, 3.8) is 0 Å². The molecule has 1 aromatic rings. The first-order chi connectivity index (χ1) is 9.19. The van der Waals surface area contributed by atoms with Crippen molar-refractivity contribution >= 4 is 5.91 Å². The number of aryl methyl sites for hydroxylation is 1. The van der Waals surface area contributed by atoms with Crippen LogP contribution in [0.3, 0.4) is 0 Å². The van der Waals surface area contributed by atoms with E-state index in [4.69, 9.17) is 5.53 Å². The van der Waals surface area contributed by atoms with Gasteiger partial charge in [0, 0.05) is 31.0 Å². The van der Waals surface area contributed by atoms with Gasteiger partial charge in [-0.1, -0.05) is 34.9 Å². The van der Waals surface area contributed by atoms with Gasteiger partial charge in [-0.3, -0.25) is 4.79 Å². The number of hydrogen-bond donors (Lipinski definition) is 0. The van der Waals surface area contributed by atoms with E-state index in [1.807, 2.05) is 11.0 Å². The maximum Gasteiger partial charge on any atom is 0.222 e. The van der Waals surface area contributed by atoms with E-state index in [1.165, 1.54) is 11.1 Å². The second-order valence-electron chi connectivity index (χ2n) is 5.06. The quantitative estimate of drug-likeness (QED) is 0.455. The lowest BCUT2D eigenvalue weighted by atomic mass is 10.1. The minimum Gasteiger partial charge on any atom is -0.342 e. The van der Waals surface area contributed by atoms with Gasteiger partial charge < -0.3 is 4.90 Å². The molecule has 1 saturated heterocycles. The molecule has 0 aliphatic carbocycles. The highest BCUT2D eigenvalue weighted by Gasteiger charge is 2.28. The SMILES string of the molecule is Cc1cccc(CCN2CC(CN=[N+]=[N-])CC2=O)c1. The Bertz CT molecular complexity index is 508. The van der Waals surface area contributed by atoms with E-state index >= 15 is 0 Å². The van der Waals surface area contributed by atoms with Crippen molar-refractivity contribution in [2.45, 2.75) is 19.8 Å². The summed E-state index contributed by atoms with van der Waals surface area (Å²) in [6, 6.07) is 8.35. The molecule has 1 unspecified atom stereocenters. The molecular weight excluding hydrogens is 240 g/mol. The van der Waals surface area contributed by atoms with E-state index in [0.29, 0.717) is 19.5 Å². The van der Waals surface area contributed by atoms with Gasteiger partial charge in [0.2, 0.25) is 5.91 Å². The molecule has 0 saturated carbocycles. The van der Waals surface area contributed by atoms with Crippen molar-refractivity contribution < 1.29 is 4.79 Å². The van der Waals surface area contributed by atoms with Gasteiger partial charge in [-0.2, -0.15) is 0 Å². The third-order valence-corrected chi connectivity index (χ3v) is 3.45. The maximum atomic E-state index is 11.8. The molecule has 100 valence electrons. The van der Waals surface area contributed by atoms with Crippen molar-refractivity contribution in [1.82, 2.24) is 4.90 Å². The van der Waals surface area contributed by atoms with Crippen LogP contribution in [0.15, 0.2) is 29.4 Å². The third kappa shape index (κ3) is 3.73. The summed E-state index contributed by atoms with van der Waals surface area (Å²) < 4.78 is 0. The highest BCUT2D eigenvalue weighted by molar-refractivity contribution is 5.78. The van der Waals surface area contributed by atoms with Crippen LogP contribution in [0.25, 0.3) is 10.4 Å². The van der Waals surface area contributed by atoms with Gasteiger partial charge in [-0.15, -0.1) is 0 Å². The van der Waals surface area contributed by atoms with Crippen LogP contribution in [-0.4, -0.2) is 30.4 Å². The number of carbonyl (C=O) groups is 1. The topological polar surface area (TPSA) is 69.1 Å². The number of amides is 1. The molecule has 1 atom stereocenters. The molecule has 2 rings (SSSR count). The molecule has 5 heteroatoms. The predicted molar refractivity (Wildman–Crippen MR) is 73.6 cm³/mol. The van der Waals surface area contributed by atoms with E-state index in [1.54, 1.807) is 0 Å². The average molecular weight is 258 g/mol. The lowest BCUT2D eigenvalue weighted by molar-refractivity contribution is -0.127. The van der Waals surface area contributed by atoms with Crippen molar-refractivity contribution in [1.29, 1.82) is 0 Å². The first kappa shape index (κ1) is 13.4. The van der Waals surface area contributed by atoms with E-state index in [9.17, 15) is 4.79 Å². The van der Waals surface area contributed by atoms with Gasteiger partial charge in [0.1, 0.15) is 0 Å². The first-order valence-corrected chi connectivity index (χ1v) is 6.53. The molecule has 0 aromatic heterocycles. The first-order valence-electron chi connectivity index (χ1n) is 6.53. The molecule has 1 aliphatic rings. The molecule has 19 heavy (non-hydrogen) atoms. The number of nitrogens with zero attached hydrogens (tertiary/aromatic N) is 4. The Balaban J connectivity index is 1.86. The van der Waals surface area contributed by atoms with Gasteiger partial charge in [-0.05, 0) is 30.4 Å². The van der Waals surface area contributed by atoms with Crippen molar-refractivity contribution in [3.8, 4) is 0 Å². The minimum atomic E-state index is 0.172. The average Bonchev–Trinajstić information content (AvgIpc) is 2.75. The van der Waals surface area contributed by atoms with Crippen LogP contribution in [0.5, 0.6) is 0 Å². The molecule has 1 heterocycles. The van der Waals surface area contributed by atoms with Gasteiger partial charge in [0.05, 0.1) is 0 Å². The number of azide groups is 1. The summed E-state index contributed by atoms with van der Waals surface area (Å²) in [6.07, 6.45) is 1.38. The summed E-state index contributed by atoms with van der Waals surface area (Å²) >= 11 is 0. The molecule has 1 aliphatic heterocycles. The number of carbonyl (C=O) groups excluding carboxylic acids is 1. The molecular formula is C14H18N4O. The minimum absolute atomic E-state index is 0.172. The van der Waals surface area contributed by atoms with Crippen LogP contribution in [-0.2, 0) is 11.2 Å². The number of benzene rings is 1.